The fourth-order valence-corrected chi connectivity index (χ4v) is 6.36. The highest BCUT2D eigenvalue weighted by Gasteiger charge is 2.20. The minimum absolute atomic E-state index is 0.0135. The molecule has 0 amide bonds. The summed E-state index contributed by atoms with van der Waals surface area (Å²) in [6, 6.07) is 36.3. The third-order valence-corrected chi connectivity index (χ3v) is 8.85. The second-order valence-electron chi connectivity index (χ2n) is 13.8. The van der Waals surface area contributed by atoms with Crippen LogP contribution in [0.1, 0.15) is 52.7 Å². The Kier molecular flexibility index (Phi) is 6.19. The summed E-state index contributed by atoms with van der Waals surface area (Å²) < 4.78 is 4.24. The van der Waals surface area contributed by atoms with Crippen molar-refractivity contribution < 1.29 is 0 Å². The largest absolute Gasteiger partial charge is 0.309 e. The van der Waals surface area contributed by atoms with Crippen molar-refractivity contribution in [2.24, 2.45) is 0 Å². The predicted molar refractivity (Wildman–Crippen MR) is 185 cm³/mol. The average Bonchev–Trinajstić information content (AvgIpc) is 3.01. The molecule has 4 heteroatoms. The Bertz CT molecular complexity index is 2190. The molecule has 4 nitrogen and oxygen atoms in total. The number of pyridine rings is 2. The Balaban J connectivity index is 1.63. The highest BCUT2D eigenvalue weighted by atomic mass is 16.1. The summed E-state index contributed by atoms with van der Waals surface area (Å²) >= 11 is 0. The molecule has 2 aromatic heterocycles. The number of hydrogen-bond donors (Lipinski definition) is 0. The first-order chi connectivity index (χ1) is 20.9. The van der Waals surface area contributed by atoms with Crippen LogP contribution >= 0.6 is 0 Å². The fourth-order valence-electron chi connectivity index (χ4n) is 6.36. The molecule has 7 aromatic rings. The zero-order chi connectivity index (χ0) is 31.0. The molecular formula is C40H36N2O2. The van der Waals surface area contributed by atoms with Crippen molar-refractivity contribution in [3.63, 3.8) is 0 Å². The topological polar surface area (TPSA) is 44.0 Å². The maximum Gasteiger partial charge on any atom is 0.197 e. The van der Waals surface area contributed by atoms with E-state index < -0.39 is 0 Å². The van der Waals surface area contributed by atoms with Crippen molar-refractivity contribution in [2.45, 2.75) is 52.4 Å². The second kappa shape index (κ2) is 9.78. The number of para-hydroxylation sites is 2. The average molecular weight is 577 g/mol. The van der Waals surface area contributed by atoms with Crippen LogP contribution in [0.4, 0.5) is 0 Å². The molecule has 0 radical (unpaired) electrons. The lowest BCUT2D eigenvalue weighted by molar-refractivity contribution is 0.590. The van der Waals surface area contributed by atoms with Gasteiger partial charge in [0.2, 0.25) is 0 Å². The fraction of sp³-hybridized carbons (Fsp3) is 0.200. The lowest BCUT2D eigenvalue weighted by Gasteiger charge is -2.22. The molecule has 0 atom stereocenters. The number of fused-ring (bicyclic) bond motifs is 4. The molecule has 0 spiro atoms. The number of nitrogens with zero attached hydrogens (tertiary/aromatic N) is 2. The van der Waals surface area contributed by atoms with Crippen LogP contribution in [0.25, 0.3) is 55.0 Å². The summed E-state index contributed by atoms with van der Waals surface area (Å²) in [5.74, 6) is 0. The monoisotopic (exact) mass is 576 g/mol. The SMILES string of the molecule is CC(C)(C)c1ccc(-n2c3ccccc3c(=O)c3cc4c(cc32)c(=O)c2ccccc2n4-c2ccc(C(C)(C)C)cc2)cc1. The first-order valence-electron chi connectivity index (χ1n) is 15.2. The van der Waals surface area contributed by atoms with Gasteiger partial charge in [-0.1, -0.05) is 90.1 Å². The quantitative estimate of drug-likeness (QED) is 0.193. The molecule has 218 valence electrons. The van der Waals surface area contributed by atoms with Crippen molar-refractivity contribution in [2.75, 3.05) is 0 Å². The predicted octanol–water partition coefficient (Wildman–Crippen LogP) is 9.20. The van der Waals surface area contributed by atoms with Gasteiger partial charge < -0.3 is 9.13 Å². The minimum atomic E-state index is -0.0460. The van der Waals surface area contributed by atoms with E-state index in [9.17, 15) is 9.59 Å². The summed E-state index contributed by atoms with van der Waals surface area (Å²) in [6.45, 7) is 13.2. The van der Waals surface area contributed by atoms with Gasteiger partial charge >= 0.3 is 0 Å². The highest BCUT2D eigenvalue weighted by Crippen LogP contribution is 2.32. The Labute approximate surface area is 256 Å². The van der Waals surface area contributed by atoms with E-state index in [1.807, 2.05) is 60.7 Å². The molecule has 5 aromatic carbocycles. The van der Waals surface area contributed by atoms with Gasteiger partial charge in [0.15, 0.2) is 10.9 Å². The van der Waals surface area contributed by atoms with E-state index in [1.54, 1.807) is 0 Å². The number of rotatable bonds is 2. The summed E-state index contributed by atoms with van der Waals surface area (Å²) in [5, 5.41) is 2.43. The molecule has 0 N–H and O–H groups in total. The molecule has 0 aliphatic rings. The van der Waals surface area contributed by atoms with Gasteiger partial charge in [-0.3, -0.25) is 9.59 Å². The smallest absolute Gasteiger partial charge is 0.197 e. The van der Waals surface area contributed by atoms with E-state index in [-0.39, 0.29) is 21.7 Å². The molecule has 0 aliphatic heterocycles. The van der Waals surface area contributed by atoms with Crippen molar-refractivity contribution in [1.82, 2.24) is 9.13 Å². The van der Waals surface area contributed by atoms with E-state index in [0.29, 0.717) is 32.6 Å². The van der Waals surface area contributed by atoms with Crippen molar-refractivity contribution in [3.05, 3.63) is 141 Å². The summed E-state index contributed by atoms with van der Waals surface area (Å²) in [4.78, 5) is 28.3. The first kappa shape index (κ1) is 27.8. The van der Waals surface area contributed by atoms with Gasteiger partial charge in [-0.05, 0) is 82.6 Å². The lowest BCUT2D eigenvalue weighted by Crippen LogP contribution is -2.15. The molecule has 2 heterocycles. The van der Waals surface area contributed by atoms with E-state index in [4.69, 9.17) is 0 Å². The molecule has 7 rings (SSSR count). The third-order valence-electron chi connectivity index (χ3n) is 8.85. The van der Waals surface area contributed by atoms with Crippen molar-refractivity contribution in [1.29, 1.82) is 0 Å². The Morgan fingerprint density at radius 1 is 0.409 bits per heavy atom. The van der Waals surface area contributed by atoms with Gasteiger partial charge in [0.25, 0.3) is 0 Å². The van der Waals surface area contributed by atoms with E-state index >= 15 is 0 Å². The zero-order valence-electron chi connectivity index (χ0n) is 26.1. The maximum absolute atomic E-state index is 14.2. The Morgan fingerprint density at radius 3 is 1.09 bits per heavy atom. The number of hydrogen-bond acceptors (Lipinski definition) is 2. The van der Waals surface area contributed by atoms with Crippen LogP contribution in [0, 0.1) is 0 Å². The van der Waals surface area contributed by atoms with Gasteiger partial charge in [-0.25, -0.2) is 0 Å². The van der Waals surface area contributed by atoms with Gasteiger partial charge in [-0.2, -0.15) is 0 Å². The van der Waals surface area contributed by atoms with E-state index in [2.05, 4.69) is 99.2 Å². The summed E-state index contributed by atoms with van der Waals surface area (Å²) in [6.07, 6.45) is 0. The van der Waals surface area contributed by atoms with Gasteiger partial charge in [0.1, 0.15) is 0 Å². The van der Waals surface area contributed by atoms with Gasteiger partial charge in [-0.15, -0.1) is 0 Å². The van der Waals surface area contributed by atoms with Crippen molar-refractivity contribution in [3.8, 4) is 11.4 Å². The number of benzene rings is 5. The Morgan fingerprint density at radius 2 is 0.750 bits per heavy atom. The molecular weight excluding hydrogens is 540 g/mol. The van der Waals surface area contributed by atoms with Crippen LogP contribution < -0.4 is 10.9 Å². The van der Waals surface area contributed by atoms with E-state index in [0.717, 1.165) is 22.4 Å². The molecule has 0 saturated heterocycles. The third kappa shape index (κ3) is 4.36. The lowest BCUT2D eigenvalue weighted by atomic mass is 9.87. The van der Waals surface area contributed by atoms with Crippen LogP contribution in [0.15, 0.2) is 119 Å². The molecule has 0 unspecified atom stereocenters. The summed E-state index contributed by atoms with van der Waals surface area (Å²) in [7, 11) is 0. The molecule has 0 fully saturated rings. The van der Waals surface area contributed by atoms with E-state index in [1.165, 1.54) is 11.1 Å². The summed E-state index contributed by atoms with van der Waals surface area (Å²) in [5.41, 5.74) is 7.33. The first-order valence-corrected chi connectivity index (χ1v) is 15.2. The molecule has 0 aliphatic carbocycles. The van der Waals surface area contributed by atoms with Crippen LogP contribution in [0.5, 0.6) is 0 Å². The molecule has 0 bridgehead atoms. The second-order valence-corrected chi connectivity index (χ2v) is 13.8. The number of aromatic nitrogens is 2. The molecule has 0 saturated carbocycles. The van der Waals surface area contributed by atoms with Gasteiger partial charge in [0.05, 0.1) is 22.1 Å². The molecule has 44 heavy (non-hydrogen) atoms. The minimum Gasteiger partial charge on any atom is -0.309 e. The zero-order valence-corrected chi connectivity index (χ0v) is 26.1. The van der Waals surface area contributed by atoms with Crippen LogP contribution in [-0.2, 0) is 10.8 Å². The standard InChI is InChI=1S/C40H36N2O2/c1-39(2,3)25-15-19-27(20-16-25)41-33-13-9-7-11-29(33)37(43)31-24-36-32(23-35(31)41)38(44)30-12-8-10-14-34(30)42(36)28-21-17-26(18-22-28)40(4,5)6/h7-24H,1-6H3. The van der Waals surface area contributed by atoms with Crippen LogP contribution in [0.2, 0.25) is 0 Å². The maximum atomic E-state index is 14.2. The Hall–Kier alpha value is -4.96. The van der Waals surface area contributed by atoms with Crippen LogP contribution in [0.3, 0.4) is 0 Å². The van der Waals surface area contributed by atoms with Gasteiger partial charge in [0, 0.05) is 32.9 Å². The van der Waals surface area contributed by atoms with Crippen LogP contribution in [-0.4, -0.2) is 9.13 Å². The normalized spacial score (nSPS) is 12.5. The van der Waals surface area contributed by atoms with Crippen molar-refractivity contribution >= 4 is 43.6 Å². The highest BCUT2D eigenvalue weighted by molar-refractivity contribution is 6.05.